The fraction of sp³-hybridized carbons (Fsp3) is 0.158. The summed E-state index contributed by atoms with van der Waals surface area (Å²) < 4.78 is 5.40. The van der Waals surface area contributed by atoms with Crippen molar-refractivity contribution in [2.45, 2.75) is 6.42 Å². The zero-order valence-electron chi connectivity index (χ0n) is 13.7. The zero-order valence-corrected chi connectivity index (χ0v) is 16.1. The first-order valence-electron chi connectivity index (χ1n) is 7.95. The van der Waals surface area contributed by atoms with Crippen molar-refractivity contribution in [1.82, 2.24) is 10.3 Å². The van der Waals surface area contributed by atoms with Gasteiger partial charge in [0.05, 0.1) is 5.69 Å². The molecular formula is C19H16Cl2N2O2S. The number of hydrogen-bond donors (Lipinski definition) is 1. The maximum atomic E-state index is 11.8. The largest absolute Gasteiger partial charge is 0.484 e. The van der Waals surface area contributed by atoms with Crippen LogP contribution in [0.5, 0.6) is 5.75 Å². The van der Waals surface area contributed by atoms with Crippen molar-refractivity contribution < 1.29 is 9.53 Å². The van der Waals surface area contributed by atoms with Gasteiger partial charge in [0.15, 0.2) is 6.61 Å². The second kappa shape index (κ2) is 9.03. The van der Waals surface area contributed by atoms with Gasteiger partial charge in [-0.05, 0) is 36.4 Å². The lowest BCUT2D eigenvalue weighted by Gasteiger charge is -2.07. The predicted molar refractivity (Wildman–Crippen MR) is 106 cm³/mol. The highest BCUT2D eigenvalue weighted by molar-refractivity contribution is 7.13. The van der Waals surface area contributed by atoms with E-state index in [0.717, 1.165) is 16.3 Å². The van der Waals surface area contributed by atoms with E-state index in [2.05, 4.69) is 10.3 Å². The molecule has 1 N–H and O–H groups in total. The highest BCUT2D eigenvalue weighted by Gasteiger charge is 2.06. The van der Waals surface area contributed by atoms with Crippen molar-refractivity contribution >= 4 is 40.4 Å². The lowest BCUT2D eigenvalue weighted by Crippen LogP contribution is -2.30. The summed E-state index contributed by atoms with van der Waals surface area (Å²) in [7, 11) is 0. The second-order valence-electron chi connectivity index (χ2n) is 5.49. The summed E-state index contributed by atoms with van der Waals surface area (Å²) in [4.78, 5) is 16.4. The number of ether oxygens (including phenoxy) is 1. The standard InChI is InChI=1S/C19H16Cl2N2O2S/c20-14-3-1-13(2-4-14)19-23-16(12-26-19)9-10-22-18(24)11-25-17-7-5-15(21)6-8-17/h1-8,12H,9-11H2,(H,22,24). The van der Waals surface area contributed by atoms with E-state index in [1.54, 1.807) is 35.6 Å². The van der Waals surface area contributed by atoms with Crippen LogP contribution in [0.3, 0.4) is 0 Å². The topological polar surface area (TPSA) is 51.2 Å². The lowest BCUT2D eigenvalue weighted by atomic mass is 10.2. The van der Waals surface area contributed by atoms with Crippen LogP contribution >= 0.6 is 34.5 Å². The highest BCUT2D eigenvalue weighted by atomic mass is 35.5. The first kappa shape index (κ1) is 18.7. The van der Waals surface area contributed by atoms with Gasteiger partial charge in [0.25, 0.3) is 5.91 Å². The molecule has 0 radical (unpaired) electrons. The Hall–Kier alpha value is -2.08. The SMILES string of the molecule is O=C(COc1ccc(Cl)cc1)NCCc1csc(-c2ccc(Cl)cc2)n1. The fourth-order valence-electron chi connectivity index (χ4n) is 2.21. The third-order valence-electron chi connectivity index (χ3n) is 3.53. The molecule has 26 heavy (non-hydrogen) atoms. The molecule has 2 aromatic carbocycles. The Morgan fingerprint density at radius 1 is 1.04 bits per heavy atom. The minimum Gasteiger partial charge on any atom is -0.484 e. The Labute approximate surface area is 165 Å². The molecule has 1 aromatic heterocycles. The van der Waals surface area contributed by atoms with E-state index >= 15 is 0 Å². The Bertz CT molecular complexity index is 864. The number of benzene rings is 2. The van der Waals surface area contributed by atoms with Crippen molar-refractivity contribution in [3.63, 3.8) is 0 Å². The number of hydrogen-bond acceptors (Lipinski definition) is 4. The molecule has 0 aliphatic heterocycles. The Morgan fingerprint density at radius 2 is 1.69 bits per heavy atom. The maximum absolute atomic E-state index is 11.8. The van der Waals surface area contributed by atoms with Crippen LogP contribution in [0, 0.1) is 0 Å². The van der Waals surface area contributed by atoms with Gasteiger partial charge in [0.2, 0.25) is 0 Å². The lowest BCUT2D eigenvalue weighted by molar-refractivity contribution is -0.123. The van der Waals surface area contributed by atoms with Gasteiger partial charge < -0.3 is 10.1 Å². The number of aromatic nitrogens is 1. The molecule has 0 bridgehead atoms. The number of rotatable bonds is 7. The normalized spacial score (nSPS) is 10.5. The van der Waals surface area contributed by atoms with Crippen molar-refractivity contribution in [1.29, 1.82) is 0 Å². The van der Waals surface area contributed by atoms with E-state index in [0.29, 0.717) is 28.8 Å². The third-order valence-corrected chi connectivity index (χ3v) is 4.97. The van der Waals surface area contributed by atoms with E-state index in [9.17, 15) is 4.79 Å². The van der Waals surface area contributed by atoms with E-state index in [1.807, 2.05) is 29.6 Å². The number of nitrogens with zero attached hydrogens (tertiary/aromatic N) is 1. The molecule has 1 amide bonds. The number of amides is 1. The number of nitrogens with one attached hydrogen (secondary N) is 1. The Balaban J connectivity index is 1.42. The first-order valence-corrected chi connectivity index (χ1v) is 9.59. The number of carbonyl (C=O) groups is 1. The molecule has 0 saturated heterocycles. The second-order valence-corrected chi connectivity index (χ2v) is 7.22. The Morgan fingerprint density at radius 3 is 2.38 bits per heavy atom. The van der Waals surface area contributed by atoms with E-state index in [4.69, 9.17) is 27.9 Å². The van der Waals surface area contributed by atoms with Gasteiger partial charge in [0.1, 0.15) is 10.8 Å². The molecule has 3 aromatic rings. The minimum absolute atomic E-state index is 0.0330. The molecule has 3 rings (SSSR count). The van der Waals surface area contributed by atoms with Crippen molar-refractivity contribution in [2.75, 3.05) is 13.2 Å². The molecule has 0 saturated carbocycles. The molecule has 4 nitrogen and oxygen atoms in total. The van der Waals surface area contributed by atoms with E-state index in [1.165, 1.54) is 0 Å². The van der Waals surface area contributed by atoms with Crippen LogP contribution in [-0.2, 0) is 11.2 Å². The molecule has 1 heterocycles. The van der Waals surface area contributed by atoms with Crippen LogP contribution in [0.1, 0.15) is 5.69 Å². The van der Waals surface area contributed by atoms with Gasteiger partial charge in [0, 0.05) is 34.0 Å². The van der Waals surface area contributed by atoms with Crippen molar-refractivity contribution in [2.24, 2.45) is 0 Å². The summed E-state index contributed by atoms with van der Waals surface area (Å²) in [6.45, 7) is 0.474. The number of thiazole rings is 1. The van der Waals surface area contributed by atoms with Gasteiger partial charge in [-0.25, -0.2) is 4.98 Å². The quantitative estimate of drug-likeness (QED) is 0.609. The number of carbonyl (C=O) groups excluding carboxylic acids is 1. The molecule has 7 heteroatoms. The number of halogens is 2. The first-order chi connectivity index (χ1) is 12.6. The summed E-state index contributed by atoms with van der Waals surface area (Å²) in [5.74, 6) is 0.435. The van der Waals surface area contributed by atoms with E-state index in [-0.39, 0.29) is 12.5 Å². The summed E-state index contributed by atoms with van der Waals surface area (Å²) in [5, 5.41) is 7.10. The molecule has 0 fully saturated rings. The van der Waals surface area contributed by atoms with Crippen LogP contribution in [0.2, 0.25) is 10.0 Å². The molecule has 134 valence electrons. The van der Waals surface area contributed by atoms with Crippen molar-refractivity contribution in [3.05, 3.63) is 69.7 Å². The molecular weight excluding hydrogens is 391 g/mol. The molecule has 0 unspecified atom stereocenters. The molecule has 0 spiro atoms. The highest BCUT2D eigenvalue weighted by Crippen LogP contribution is 2.25. The average molecular weight is 407 g/mol. The van der Waals surface area contributed by atoms with E-state index < -0.39 is 0 Å². The Kier molecular flexibility index (Phi) is 6.50. The zero-order chi connectivity index (χ0) is 18.4. The third kappa shape index (κ3) is 5.46. The van der Waals surface area contributed by atoms with Gasteiger partial charge in [-0.3, -0.25) is 4.79 Å². The average Bonchev–Trinajstić information content (AvgIpc) is 3.11. The molecule has 0 aliphatic rings. The van der Waals surface area contributed by atoms with Crippen LogP contribution < -0.4 is 10.1 Å². The molecule has 0 atom stereocenters. The van der Waals surface area contributed by atoms with Gasteiger partial charge >= 0.3 is 0 Å². The summed E-state index contributed by atoms with van der Waals surface area (Å²) >= 11 is 13.3. The predicted octanol–water partition coefficient (Wildman–Crippen LogP) is 4.85. The monoisotopic (exact) mass is 406 g/mol. The van der Waals surface area contributed by atoms with Crippen LogP contribution in [0.4, 0.5) is 0 Å². The van der Waals surface area contributed by atoms with Gasteiger partial charge in [-0.2, -0.15) is 0 Å². The van der Waals surface area contributed by atoms with Crippen molar-refractivity contribution in [3.8, 4) is 16.3 Å². The summed E-state index contributed by atoms with van der Waals surface area (Å²) in [6, 6.07) is 14.5. The van der Waals surface area contributed by atoms with Crippen LogP contribution in [0.15, 0.2) is 53.9 Å². The summed E-state index contributed by atoms with van der Waals surface area (Å²) in [5.41, 5.74) is 1.98. The van der Waals surface area contributed by atoms with Gasteiger partial charge in [-0.1, -0.05) is 35.3 Å². The summed E-state index contributed by atoms with van der Waals surface area (Å²) in [6.07, 6.45) is 0.663. The smallest absolute Gasteiger partial charge is 0.257 e. The van der Waals surface area contributed by atoms with Crippen LogP contribution in [0.25, 0.3) is 10.6 Å². The van der Waals surface area contributed by atoms with Gasteiger partial charge in [-0.15, -0.1) is 11.3 Å². The minimum atomic E-state index is -0.173. The van der Waals surface area contributed by atoms with Crippen LogP contribution in [-0.4, -0.2) is 24.0 Å². The molecule has 0 aliphatic carbocycles. The maximum Gasteiger partial charge on any atom is 0.257 e. The fourth-order valence-corrected chi connectivity index (χ4v) is 3.32.